The monoisotopic (exact) mass is 266 g/mol. The Morgan fingerprint density at radius 1 is 1.26 bits per heavy atom. The summed E-state index contributed by atoms with van der Waals surface area (Å²) in [4.78, 5) is 11.3. The van der Waals surface area contributed by atoms with Gasteiger partial charge in [-0.2, -0.15) is 0 Å². The zero-order valence-corrected chi connectivity index (χ0v) is 11.1. The summed E-state index contributed by atoms with van der Waals surface area (Å²) >= 11 is 0. The van der Waals surface area contributed by atoms with Crippen LogP contribution in [-0.2, 0) is 14.2 Å². The third kappa shape index (κ3) is 3.94. The molecule has 0 spiro atoms. The molecule has 0 radical (unpaired) electrons. The first kappa shape index (κ1) is 13.8. The lowest BCUT2D eigenvalue weighted by Crippen LogP contribution is -2.34. The highest BCUT2D eigenvalue weighted by atomic mass is 16.7. The van der Waals surface area contributed by atoms with Crippen LogP contribution in [0.4, 0.5) is 0 Å². The van der Waals surface area contributed by atoms with E-state index >= 15 is 0 Å². The van der Waals surface area contributed by atoms with E-state index in [1.165, 1.54) is 7.11 Å². The molecular weight excluding hydrogens is 248 g/mol. The Morgan fingerprint density at radius 3 is 2.47 bits per heavy atom. The van der Waals surface area contributed by atoms with E-state index < -0.39 is 0 Å². The van der Waals surface area contributed by atoms with Gasteiger partial charge in [0, 0.05) is 5.92 Å². The molecular formula is C14H18O5. The number of rotatable bonds is 4. The van der Waals surface area contributed by atoms with Crippen molar-refractivity contribution in [3.05, 3.63) is 29.8 Å². The first-order chi connectivity index (χ1) is 9.19. The molecule has 5 nitrogen and oxygen atoms in total. The Labute approximate surface area is 112 Å². The van der Waals surface area contributed by atoms with E-state index in [1.54, 1.807) is 24.3 Å². The molecule has 0 saturated carbocycles. The van der Waals surface area contributed by atoms with Crippen LogP contribution in [0.5, 0.6) is 5.75 Å². The van der Waals surface area contributed by atoms with Crippen LogP contribution in [0.1, 0.15) is 17.3 Å². The lowest BCUT2D eigenvalue weighted by Gasteiger charge is -2.27. The molecule has 1 aliphatic rings. The topological polar surface area (TPSA) is 54.0 Å². The van der Waals surface area contributed by atoms with Crippen molar-refractivity contribution in [3.63, 3.8) is 0 Å². The van der Waals surface area contributed by atoms with Gasteiger partial charge >= 0.3 is 5.97 Å². The molecule has 1 saturated heterocycles. The van der Waals surface area contributed by atoms with Crippen molar-refractivity contribution in [1.82, 2.24) is 0 Å². The van der Waals surface area contributed by atoms with Gasteiger partial charge in [0.05, 0.1) is 25.9 Å². The van der Waals surface area contributed by atoms with E-state index in [9.17, 15) is 4.79 Å². The molecule has 0 aliphatic carbocycles. The van der Waals surface area contributed by atoms with E-state index in [0.29, 0.717) is 37.1 Å². The van der Waals surface area contributed by atoms with E-state index in [-0.39, 0.29) is 12.3 Å². The number of carbonyl (C=O) groups excluding carboxylic acids is 1. The Hall–Kier alpha value is -1.59. The van der Waals surface area contributed by atoms with Gasteiger partial charge in [-0.1, -0.05) is 6.92 Å². The zero-order valence-electron chi connectivity index (χ0n) is 11.1. The summed E-state index contributed by atoms with van der Waals surface area (Å²) in [6.07, 6.45) is -0.323. The summed E-state index contributed by atoms with van der Waals surface area (Å²) in [7, 11) is 1.35. The fraction of sp³-hybridized carbons (Fsp3) is 0.500. The van der Waals surface area contributed by atoms with Crippen LogP contribution in [0.15, 0.2) is 24.3 Å². The molecule has 0 bridgehead atoms. The van der Waals surface area contributed by atoms with Crippen LogP contribution in [-0.4, -0.2) is 39.2 Å². The van der Waals surface area contributed by atoms with Gasteiger partial charge in [-0.05, 0) is 24.3 Å². The first-order valence-electron chi connectivity index (χ1n) is 6.23. The largest absolute Gasteiger partial charge is 0.488 e. The lowest BCUT2D eigenvalue weighted by molar-refractivity contribution is -0.208. The van der Waals surface area contributed by atoms with Gasteiger partial charge in [0.1, 0.15) is 12.4 Å². The van der Waals surface area contributed by atoms with Crippen molar-refractivity contribution >= 4 is 5.97 Å². The predicted molar refractivity (Wildman–Crippen MR) is 68.1 cm³/mol. The minimum absolute atomic E-state index is 0.323. The third-order valence-corrected chi connectivity index (χ3v) is 2.79. The number of benzene rings is 1. The lowest BCUT2D eigenvalue weighted by atomic mass is 10.2. The van der Waals surface area contributed by atoms with Crippen molar-refractivity contribution in [2.45, 2.75) is 13.2 Å². The zero-order chi connectivity index (χ0) is 13.7. The van der Waals surface area contributed by atoms with Crippen molar-refractivity contribution in [3.8, 4) is 5.75 Å². The second kappa shape index (κ2) is 6.54. The molecule has 104 valence electrons. The Morgan fingerprint density at radius 2 is 1.89 bits per heavy atom. The number of methoxy groups -OCH3 is 1. The molecule has 0 atom stereocenters. The second-order valence-electron chi connectivity index (χ2n) is 4.53. The van der Waals surface area contributed by atoms with Crippen LogP contribution in [0.2, 0.25) is 0 Å². The average molecular weight is 266 g/mol. The summed E-state index contributed by atoms with van der Waals surface area (Å²) in [5.41, 5.74) is 0.494. The summed E-state index contributed by atoms with van der Waals surface area (Å²) in [5.74, 6) is 0.730. The standard InChI is InChI=1S/C14H18O5/c1-10-7-18-13(19-8-10)9-17-12-5-3-11(4-6-12)14(15)16-2/h3-6,10,13H,7-9H2,1-2H3. The van der Waals surface area contributed by atoms with Gasteiger partial charge in [0.2, 0.25) is 0 Å². The van der Waals surface area contributed by atoms with Crippen molar-refractivity contribution in [1.29, 1.82) is 0 Å². The number of carbonyl (C=O) groups is 1. The SMILES string of the molecule is COC(=O)c1ccc(OCC2OCC(C)CO2)cc1. The van der Waals surface area contributed by atoms with Gasteiger partial charge in [0.15, 0.2) is 6.29 Å². The maximum atomic E-state index is 11.3. The fourth-order valence-electron chi connectivity index (χ4n) is 1.70. The summed E-state index contributed by atoms with van der Waals surface area (Å²) in [5, 5.41) is 0. The minimum atomic E-state index is -0.362. The van der Waals surface area contributed by atoms with Crippen molar-refractivity contribution in [2.75, 3.05) is 26.9 Å². The molecule has 1 aliphatic heterocycles. The number of hydrogen-bond acceptors (Lipinski definition) is 5. The molecule has 0 N–H and O–H groups in total. The van der Waals surface area contributed by atoms with Crippen molar-refractivity contribution < 1.29 is 23.7 Å². The average Bonchev–Trinajstić information content (AvgIpc) is 2.46. The van der Waals surface area contributed by atoms with Gasteiger partial charge in [-0.25, -0.2) is 4.79 Å². The van der Waals surface area contributed by atoms with Crippen LogP contribution in [0.3, 0.4) is 0 Å². The smallest absolute Gasteiger partial charge is 0.337 e. The van der Waals surface area contributed by atoms with Gasteiger partial charge in [0.25, 0.3) is 0 Å². The molecule has 0 unspecified atom stereocenters. The van der Waals surface area contributed by atoms with Crippen LogP contribution in [0, 0.1) is 5.92 Å². The second-order valence-corrected chi connectivity index (χ2v) is 4.53. The molecule has 1 aromatic carbocycles. The molecule has 1 aromatic rings. The van der Waals surface area contributed by atoms with Crippen molar-refractivity contribution in [2.24, 2.45) is 5.92 Å². The highest BCUT2D eigenvalue weighted by Crippen LogP contribution is 2.15. The Balaban J connectivity index is 1.81. The number of esters is 1. The summed E-state index contributed by atoms with van der Waals surface area (Å²) < 4.78 is 21.1. The maximum absolute atomic E-state index is 11.3. The van der Waals surface area contributed by atoms with E-state index in [4.69, 9.17) is 14.2 Å². The Bertz CT molecular complexity index is 406. The molecule has 0 aromatic heterocycles. The fourth-order valence-corrected chi connectivity index (χ4v) is 1.70. The number of ether oxygens (including phenoxy) is 4. The maximum Gasteiger partial charge on any atom is 0.337 e. The van der Waals surface area contributed by atoms with Gasteiger partial charge < -0.3 is 18.9 Å². The molecule has 5 heteroatoms. The van der Waals surface area contributed by atoms with Gasteiger partial charge in [-0.15, -0.1) is 0 Å². The molecule has 19 heavy (non-hydrogen) atoms. The van der Waals surface area contributed by atoms with Crippen LogP contribution < -0.4 is 4.74 Å². The van der Waals surface area contributed by atoms with Gasteiger partial charge in [-0.3, -0.25) is 0 Å². The molecule has 2 rings (SSSR count). The highest BCUT2D eigenvalue weighted by molar-refractivity contribution is 5.89. The van der Waals surface area contributed by atoms with E-state index in [1.807, 2.05) is 0 Å². The summed E-state index contributed by atoms with van der Waals surface area (Å²) in [6.45, 7) is 3.79. The highest BCUT2D eigenvalue weighted by Gasteiger charge is 2.19. The first-order valence-corrected chi connectivity index (χ1v) is 6.23. The quantitative estimate of drug-likeness (QED) is 0.779. The van der Waals surface area contributed by atoms with E-state index in [0.717, 1.165) is 0 Å². The normalized spacial score (nSPS) is 22.8. The van der Waals surface area contributed by atoms with E-state index in [2.05, 4.69) is 11.7 Å². The molecule has 1 heterocycles. The predicted octanol–water partition coefficient (Wildman–Crippen LogP) is 1.86. The Kier molecular flexibility index (Phi) is 4.76. The summed E-state index contributed by atoms with van der Waals surface area (Å²) in [6, 6.07) is 6.76. The minimum Gasteiger partial charge on any atom is -0.488 e. The molecule has 0 amide bonds. The number of hydrogen-bond donors (Lipinski definition) is 0. The van der Waals surface area contributed by atoms with Crippen LogP contribution >= 0.6 is 0 Å². The third-order valence-electron chi connectivity index (χ3n) is 2.79. The molecule has 1 fully saturated rings. The van der Waals surface area contributed by atoms with Crippen LogP contribution in [0.25, 0.3) is 0 Å².